The number of nitrogens with zero attached hydrogens (tertiary/aromatic N) is 2. The van der Waals surface area contributed by atoms with Crippen LogP contribution in [0.2, 0.25) is 0 Å². The number of rotatable bonds is 3. The molecular formula is C16H15N3O2. The second-order valence-corrected chi connectivity index (χ2v) is 4.87. The van der Waals surface area contributed by atoms with E-state index in [0.29, 0.717) is 18.1 Å². The highest BCUT2D eigenvalue weighted by molar-refractivity contribution is 5.74. The van der Waals surface area contributed by atoms with E-state index in [2.05, 4.69) is 5.16 Å². The zero-order chi connectivity index (χ0) is 14.8. The number of hydrogen-bond acceptors (Lipinski definition) is 4. The summed E-state index contributed by atoms with van der Waals surface area (Å²) in [5.74, 6) is 0.967. The van der Waals surface area contributed by atoms with Gasteiger partial charge in [-0.3, -0.25) is 4.79 Å². The van der Waals surface area contributed by atoms with Crippen molar-refractivity contribution in [2.45, 2.75) is 13.5 Å². The molecule has 0 aliphatic carbocycles. The molecule has 0 saturated carbocycles. The second kappa shape index (κ2) is 5.28. The molecule has 2 N–H and O–H groups in total. The SMILES string of the molecule is Cc1onc(N)c1-c1ccc(=O)n(Cc2ccccc2)c1. The van der Waals surface area contributed by atoms with Gasteiger partial charge in [-0.25, -0.2) is 0 Å². The molecule has 5 heteroatoms. The van der Waals surface area contributed by atoms with Crippen LogP contribution in [-0.4, -0.2) is 9.72 Å². The van der Waals surface area contributed by atoms with Gasteiger partial charge in [-0.1, -0.05) is 35.5 Å². The number of pyridine rings is 1. The molecule has 0 atom stereocenters. The summed E-state index contributed by atoms with van der Waals surface area (Å²) >= 11 is 0. The molecule has 0 aliphatic rings. The van der Waals surface area contributed by atoms with Gasteiger partial charge in [0.1, 0.15) is 5.76 Å². The molecule has 2 aromatic heterocycles. The van der Waals surface area contributed by atoms with Crippen molar-refractivity contribution >= 4 is 5.82 Å². The van der Waals surface area contributed by atoms with Crippen molar-refractivity contribution < 1.29 is 4.52 Å². The first-order chi connectivity index (χ1) is 10.1. The van der Waals surface area contributed by atoms with Crippen LogP contribution in [0, 0.1) is 6.92 Å². The fourth-order valence-electron chi connectivity index (χ4n) is 2.32. The van der Waals surface area contributed by atoms with E-state index in [1.165, 1.54) is 6.07 Å². The van der Waals surface area contributed by atoms with E-state index in [1.54, 1.807) is 23.8 Å². The van der Waals surface area contributed by atoms with E-state index in [4.69, 9.17) is 10.3 Å². The Hall–Kier alpha value is -2.82. The molecule has 5 nitrogen and oxygen atoms in total. The van der Waals surface area contributed by atoms with E-state index in [9.17, 15) is 4.79 Å². The van der Waals surface area contributed by atoms with Crippen LogP contribution in [0.25, 0.3) is 11.1 Å². The second-order valence-electron chi connectivity index (χ2n) is 4.87. The highest BCUT2D eigenvalue weighted by Crippen LogP contribution is 2.28. The van der Waals surface area contributed by atoms with Crippen molar-refractivity contribution in [3.63, 3.8) is 0 Å². The Morgan fingerprint density at radius 2 is 1.95 bits per heavy atom. The van der Waals surface area contributed by atoms with E-state index in [-0.39, 0.29) is 5.56 Å². The Labute approximate surface area is 121 Å². The number of benzene rings is 1. The maximum Gasteiger partial charge on any atom is 0.250 e. The van der Waals surface area contributed by atoms with Crippen molar-refractivity contribution in [2.75, 3.05) is 5.73 Å². The lowest BCUT2D eigenvalue weighted by atomic mass is 10.1. The highest BCUT2D eigenvalue weighted by atomic mass is 16.5. The minimum atomic E-state index is -0.0599. The van der Waals surface area contributed by atoms with Crippen LogP contribution in [0.1, 0.15) is 11.3 Å². The van der Waals surface area contributed by atoms with Gasteiger partial charge in [0.25, 0.3) is 5.56 Å². The van der Waals surface area contributed by atoms with E-state index in [1.807, 2.05) is 30.3 Å². The minimum Gasteiger partial charge on any atom is -0.380 e. The summed E-state index contributed by atoms with van der Waals surface area (Å²) in [6, 6.07) is 13.1. The summed E-state index contributed by atoms with van der Waals surface area (Å²) in [6.07, 6.45) is 1.78. The monoisotopic (exact) mass is 281 g/mol. The number of aromatic nitrogens is 2. The Bertz CT molecular complexity index is 800. The number of anilines is 1. The predicted molar refractivity (Wildman–Crippen MR) is 80.9 cm³/mol. The van der Waals surface area contributed by atoms with Gasteiger partial charge in [-0.15, -0.1) is 0 Å². The minimum absolute atomic E-state index is 0.0599. The number of aryl methyl sites for hydroxylation is 1. The topological polar surface area (TPSA) is 74.1 Å². The summed E-state index contributed by atoms with van der Waals surface area (Å²) in [5, 5.41) is 3.74. The lowest BCUT2D eigenvalue weighted by Crippen LogP contribution is -2.19. The zero-order valence-electron chi connectivity index (χ0n) is 11.6. The molecule has 1 aromatic carbocycles. The van der Waals surface area contributed by atoms with Crippen molar-refractivity contribution in [1.82, 2.24) is 9.72 Å². The third-order valence-electron chi connectivity index (χ3n) is 3.36. The first kappa shape index (κ1) is 13.2. The van der Waals surface area contributed by atoms with E-state index < -0.39 is 0 Å². The molecule has 0 spiro atoms. The normalized spacial score (nSPS) is 10.7. The van der Waals surface area contributed by atoms with Crippen LogP contribution in [0.15, 0.2) is 58.0 Å². The van der Waals surface area contributed by atoms with Crippen LogP contribution in [0.5, 0.6) is 0 Å². The summed E-state index contributed by atoms with van der Waals surface area (Å²) in [7, 11) is 0. The maximum absolute atomic E-state index is 12.0. The van der Waals surface area contributed by atoms with Crippen LogP contribution < -0.4 is 11.3 Å². The van der Waals surface area contributed by atoms with Crippen molar-refractivity contribution in [2.24, 2.45) is 0 Å². The van der Waals surface area contributed by atoms with Gasteiger partial charge in [0.15, 0.2) is 5.82 Å². The smallest absolute Gasteiger partial charge is 0.250 e. The molecule has 3 rings (SSSR count). The van der Waals surface area contributed by atoms with Gasteiger partial charge in [0.05, 0.1) is 12.1 Å². The van der Waals surface area contributed by atoms with Crippen molar-refractivity contribution in [1.29, 1.82) is 0 Å². The van der Waals surface area contributed by atoms with Gasteiger partial charge < -0.3 is 14.8 Å². The molecule has 3 aromatic rings. The number of hydrogen-bond donors (Lipinski definition) is 1. The molecule has 0 radical (unpaired) electrons. The maximum atomic E-state index is 12.0. The summed E-state index contributed by atoms with van der Waals surface area (Å²) < 4.78 is 6.73. The van der Waals surface area contributed by atoms with Crippen LogP contribution in [-0.2, 0) is 6.54 Å². The molecular weight excluding hydrogens is 266 g/mol. The number of nitrogens with two attached hydrogens (primary N) is 1. The standard InChI is InChI=1S/C16H15N3O2/c1-11-15(16(17)18-21-11)13-7-8-14(20)19(10-13)9-12-5-3-2-4-6-12/h2-8,10H,9H2,1H3,(H2,17,18). The first-order valence-electron chi connectivity index (χ1n) is 6.61. The lowest BCUT2D eigenvalue weighted by Gasteiger charge is -2.08. The van der Waals surface area contributed by atoms with Gasteiger partial charge in [-0.2, -0.15) is 0 Å². The fraction of sp³-hybridized carbons (Fsp3) is 0.125. The third kappa shape index (κ3) is 2.58. The summed E-state index contributed by atoms with van der Waals surface area (Å²) in [5.41, 5.74) is 8.38. The van der Waals surface area contributed by atoms with E-state index in [0.717, 1.165) is 16.7 Å². The van der Waals surface area contributed by atoms with E-state index >= 15 is 0 Å². The van der Waals surface area contributed by atoms with Gasteiger partial charge in [-0.05, 0) is 18.6 Å². The molecule has 0 saturated heterocycles. The molecule has 0 aliphatic heterocycles. The fourth-order valence-corrected chi connectivity index (χ4v) is 2.32. The Kier molecular flexibility index (Phi) is 3.31. The largest absolute Gasteiger partial charge is 0.380 e. The summed E-state index contributed by atoms with van der Waals surface area (Å²) in [6.45, 7) is 2.31. The van der Waals surface area contributed by atoms with Gasteiger partial charge in [0.2, 0.25) is 0 Å². The molecule has 2 heterocycles. The number of nitrogen functional groups attached to an aromatic ring is 1. The Balaban J connectivity index is 2.03. The molecule has 0 bridgehead atoms. The molecule has 21 heavy (non-hydrogen) atoms. The van der Waals surface area contributed by atoms with Gasteiger partial charge >= 0.3 is 0 Å². The zero-order valence-corrected chi connectivity index (χ0v) is 11.6. The Morgan fingerprint density at radius 1 is 1.19 bits per heavy atom. The van der Waals surface area contributed by atoms with Crippen LogP contribution >= 0.6 is 0 Å². The van der Waals surface area contributed by atoms with Crippen LogP contribution in [0.3, 0.4) is 0 Å². The third-order valence-corrected chi connectivity index (χ3v) is 3.36. The molecule has 0 amide bonds. The molecule has 0 fully saturated rings. The average Bonchev–Trinajstić information content (AvgIpc) is 2.82. The predicted octanol–water partition coefficient (Wildman–Crippen LogP) is 2.44. The molecule has 0 unspecified atom stereocenters. The Morgan fingerprint density at radius 3 is 2.62 bits per heavy atom. The van der Waals surface area contributed by atoms with Crippen molar-refractivity contribution in [3.05, 3.63) is 70.3 Å². The van der Waals surface area contributed by atoms with Crippen molar-refractivity contribution in [3.8, 4) is 11.1 Å². The quantitative estimate of drug-likeness (QED) is 0.800. The van der Waals surface area contributed by atoms with Gasteiger partial charge in [0, 0.05) is 17.8 Å². The first-order valence-corrected chi connectivity index (χ1v) is 6.61. The van der Waals surface area contributed by atoms with Crippen LogP contribution in [0.4, 0.5) is 5.82 Å². The lowest BCUT2D eigenvalue weighted by molar-refractivity contribution is 0.401. The summed E-state index contributed by atoms with van der Waals surface area (Å²) in [4.78, 5) is 12.0. The average molecular weight is 281 g/mol. The molecule has 106 valence electrons. The highest BCUT2D eigenvalue weighted by Gasteiger charge is 2.13.